The molecule has 0 amide bonds. The molecule has 1 fully saturated rings. The lowest BCUT2D eigenvalue weighted by molar-refractivity contribution is 0.267. The third-order valence-electron chi connectivity index (χ3n) is 3.29. The second kappa shape index (κ2) is 3.43. The van der Waals surface area contributed by atoms with Crippen molar-refractivity contribution in [3.05, 3.63) is 17.9 Å². The first-order valence-electron chi connectivity index (χ1n) is 5.52. The molecule has 1 aromatic heterocycles. The molecule has 4 nitrogen and oxygen atoms in total. The van der Waals surface area contributed by atoms with Crippen LogP contribution in [0, 0.1) is 11.7 Å². The highest BCUT2D eigenvalue weighted by Gasteiger charge is 2.19. The van der Waals surface area contributed by atoms with Crippen molar-refractivity contribution >= 4 is 16.7 Å². The zero-order valence-corrected chi connectivity index (χ0v) is 8.86. The molecule has 0 aliphatic heterocycles. The maximum atomic E-state index is 13.3. The van der Waals surface area contributed by atoms with E-state index >= 15 is 0 Å². The van der Waals surface area contributed by atoms with Crippen LogP contribution in [0.1, 0.15) is 19.3 Å². The van der Waals surface area contributed by atoms with E-state index in [2.05, 4.69) is 10.3 Å². The van der Waals surface area contributed by atoms with Gasteiger partial charge < -0.3 is 5.73 Å². The van der Waals surface area contributed by atoms with Crippen molar-refractivity contribution in [2.24, 2.45) is 5.92 Å². The summed E-state index contributed by atoms with van der Waals surface area (Å²) in [7, 11) is 0. The SMILES string of the molecule is Nc1cc2nnn(CC3CCC3)c2cc1F. The molecular formula is C11H13FN4. The minimum absolute atomic E-state index is 0.128. The maximum absolute atomic E-state index is 13.3. The van der Waals surface area contributed by atoms with E-state index in [0.29, 0.717) is 11.4 Å². The number of hydrogen-bond acceptors (Lipinski definition) is 3. The average Bonchev–Trinajstić information content (AvgIpc) is 2.56. The molecule has 5 heteroatoms. The van der Waals surface area contributed by atoms with Crippen molar-refractivity contribution in [2.75, 3.05) is 5.73 Å². The fraction of sp³-hybridized carbons (Fsp3) is 0.455. The minimum Gasteiger partial charge on any atom is -0.396 e. The van der Waals surface area contributed by atoms with E-state index in [-0.39, 0.29) is 5.69 Å². The van der Waals surface area contributed by atoms with Crippen molar-refractivity contribution in [3.8, 4) is 0 Å². The molecule has 0 unspecified atom stereocenters. The Balaban J connectivity index is 2.01. The Morgan fingerprint density at radius 3 is 2.94 bits per heavy atom. The first-order chi connectivity index (χ1) is 7.74. The molecule has 3 rings (SSSR count). The topological polar surface area (TPSA) is 56.7 Å². The van der Waals surface area contributed by atoms with Crippen LogP contribution in [0.15, 0.2) is 12.1 Å². The number of hydrogen-bond donors (Lipinski definition) is 1. The molecule has 0 spiro atoms. The van der Waals surface area contributed by atoms with E-state index in [1.807, 2.05) is 0 Å². The van der Waals surface area contributed by atoms with Gasteiger partial charge in [0.2, 0.25) is 0 Å². The van der Waals surface area contributed by atoms with Crippen LogP contribution in [-0.2, 0) is 6.54 Å². The second-order valence-electron chi connectivity index (χ2n) is 4.43. The Bertz CT molecular complexity index is 530. The number of anilines is 1. The van der Waals surface area contributed by atoms with Crippen molar-refractivity contribution < 1.29 is 4.39 Å². The van der Waals surface area contributed by atoms with Crippen molar-refractivity contribution in [1.29, 1.82) is 0 Å². The lowest BCUT2D eigenvalue weighted by atomic mass is 9.85. The lowest BCUT2D eigenvalue weighted by Crippen LogP contribution is -2.18. The zero-order valence-electron chi connectivity index (χ0n) is 8.86. The highest BCUT2D eigenvalue weighted by Crippen LogP contribution is 2.29. The van der Waals surface area contributed by atoms with Crippen LogP contribution in [0.3, 0.4) is 0 Å². The molecule has 2 aromatic rings. The Morgan fingerprint density at radius 1 is 1.44 bits per heavy atom. The van der Waals surface area contributed by atoms with Gasteiger partial charge in [0.05, 0.1) is 11.2 Å². The van der Waals surface area contributed by atoms with Crippen LogP contribution in [-0.4, -0.2) is 15.0 Å². The molecule has 0 saturated heterocycles. The Kier molecular flexibility index (Phi) is 2.05. The normalized spacial score (nSPS) is 16.6. The Morgan fingerprint density at radius 2 is 2.25 bits per heavy atom. The smallest absolute Gasteiger partial charge is 0.148 e. The molecule has 1 heterocycles. The first kappa shape index (κ1) is 9.57. The van der Waals surface area contributed by atoms with Gasteiger partial charge >= 0.3 is 0 Å². The van der Waals surface area contributed by atoms with Crippen molar-refractivity contribution in [3.63, 3.8) is 0 Å². The standard InChI is InChI=1S/C11H13FN4/c12-8-4-11-10(5-9(8)13)14-15-16(11)6-7-2-1-3-7/h4-5,7H,1-3,6,13H2. The third-order valence-corrected chi connectivity index (χ3v) is 3.29. The molecule has 1 aliphatic carbocycles. The predicted octanol–water partition coefficient (Wildman–Crippen LogP) is 1.95. The fourth-order valence-electron chi connectivity index (χ4n) is 2.06. The van der Waals surface area contributed by atoms with Gasteiger partial charge in [-0.15, -0.1) is 5.10 Å². The van der Waals surface area contributed by atoms with Gasteiger partial charge in [0, 0.05) is 12.6 Å². The van der Waals surface area contributed by atoms with Gasteiger partial charge in [-0.3, -0.25) is 0 Å². The summed E-state index contributed by atoms with van der Waals surface area (Å²) in [6, 6.07) is 2.96. The van der Waals surface area contributed by atoms with Crippen LogP contribution in [0.4, 0.5) is 10.1 Å². The predicted molar refractivity (Wildman–Crippen MR) is 59.2 cm³/mol. The van der Waals surface area contributed by atoms with E-state index < -0.39 is 5.82 Å². The van der Waals surface area contributed by atoms with Gasteiger partial charge in [0.1, 0.15) is 11.3 Å². The van der Waals surface area contributed by atoms with Gasteiger partial charge in [-0.1, -0.05) is 11.6 Å². The molecule has 0 atom stereocenters. The summed E-state index contributed by atoms with van der Waals surface area (Å²) >= 11 is 0. The van der Waals surface area contributed by atoms with E-state index in [0.717, 1.165) is 12.1 Å². The maximum Gasteiger partial charge on any atom is 0.148 e. The monoisotopic (exact) mass is 220 g/mol. The van der Waals surface area contributed by atoms with Crippen LogP contribution < -0.4 is 5.73 Å². The second-order valence-corrected chi connectivity index (χ2v) is 4.43. The highest BCUT2D eigenvalue weighted by atomic mass is 19.1. The highest BCUT2D eigenvalue weighted by molar-refractivity contribution is 5.78. The van der Waals surface area contributed by atoms with E-state index in [4.69, 9.17) is 5.73 Å². The largest absolute Gasteiger partial charge is 0.396 e. The average molecular weight is 220 g/mol. The van der Waals surface area contributed by atoms with Crippen molar-refractivity contribution in [2.45, 2.75) is 25.8 Å². The molecule has 1 aromatic carbocycles. The van der Waals surface area contributed by atoms with Gasteiger partial charge in [0.15, 0.2) is 0 Å². The zero-order chi connectivity index (χ0) is 11.1. The molecule has 84 valence electrons. The Hall–Kier alpha value is -1.65. The first-order valence-corrected chi connectivity index (χ1v) is 5.52. The summed E-state index contributed by atoms with van der Waals surface area (Å²) in [5.41, 5.74) is 7.01. The number of aromatic nitrogens is 3. The summed E-state index contributed by atoms with van der Waals surface area (Å²) in [4.78, 5) is 0. The number of fused-ring (bicyclic) bond motifs is 1. The molecule has 0 radical (unpaired) electrons. The van der Waals surface area contributed by atoms with Crippen LogP contribution in [0.5, 0.6) is 0 Å². The van der Waals surface area contributed by atoms with Crippen LogP contribution in [0.2, 0.25) is 0 Å². The summed E-state index contributed by atoms with van der Waals surface area (Å²) in [5, 5.41) is 8.04. The van der Waals surface area contributed by atoms with Gasteiger partial charge in [0.25, 0.3) is 0 Å². The minimum atomic E-state index is -0.398. The molecular weight excluding hydrogens is 207 g/mol. The summed E-state index contributed by atoms with van der Waals surface area (Å²) < 4.78 is 15.1. The number of nitrogens with zero attached hydrogens (tertiary/aromatic N) is 3. The molecule has 1 saturated carbocycles. The molecule has 0 bridgehead atoms. The van der Waals surface area contributed by atoms with Crippen molar-refractivity contribution in [1.82, 2.24) is 15.0 Å². The van der Waals surface area contributed by atoms with E-state index in [1.165, 1.54) is 31.4 Å². The number of benzene rings is 1. The summed E-state index contributed by atoms with van der Waals surface area (Å²) in [6.07, 6.45) is 3.76. The van der Waals surface area contributed by atoms with Gasteiger partial charge in [-0.05, 0) is 24.8 Å². The number of nitrogen functional groups attached to an aromatic ring is 1. The number of halogens is 1. The van der Waals surface area contributed by atoms with Crippen LogP contribution in [0.25, 0.3) is 11.0 Å². The molecule has 16 heavy (non-hydrogen) atoms. The number of rotatable bonds is 2. The summed E-state index contributed by atoms with van der Waals surface area (Å²) in [6.45, 7) is 0.833. The van der Waals surface area contributed by atoms with E-state index in [9.17, 15) is 4.39 Å². The fourth-order valence-corrected chi connectivity index (χ4v) is 2.06. The Labute approximate surface area is 92.2 Å². The summed E-state index contributed by atoms with van der Waals surface area (Å²) in [5.74, 6) is 0.273. The quantitative estimate of drug-likeness (QED) is 0.787. The molecule has 2 N–H and O–H groups in total. The van der Waals surface area contributed by atoms with Crippen LogP contribution >= 0.6 is 0 Å². The van der Waals surface area contributed by atoms with Gasteiger partial charge in [-0.2, -0.15) is 0 Å². The van der Waals surface area contributed by atoms with E-state index in [1.54, 1.807) is 4.68 Å². The third kappa shape index (κ3) is 1.43. The molecule has 1 aliphatic rings. The lowest BCUT2D eigenvalue weighted by Gasteiger charge is -2.24. The number of nitrogens with two attached hydrogens (primary N) is 1. The van der Waals surface area contributed by atoms with Gasteiger partial charge in [-0.25, -0.2) is 9.07 Å².